The maximum atomic E-state index is 3.82. The minimum atomic E-state index is -0.0622. The molecule has 0 aliphatic rings. The zero-order valence-electron chi connectivity index (χ0n) is 4.31. The summed E-state index contributed by atoms with van der Waals surface area (Å²) in [5.41, 5.74) is 0. The van der Waals surface area contributed by atoms with Crippen molar-refractivity contribution in [2.24, 2.45) is 4.76 Å². The number of hydrogen-bond acceptors (Lipinski definition) is 1. The monoisotopic (exact) mass is 103 g/mol. The molecule has 0 rings (SSSR count). The molecule has 0 aromatic carbocycles. The minimum absolute atomic E-state index is 0.0622. The van der Waals surface area contributed by atoms with E-state index >= 15 is 0 Å². The summed E-state index contributed by atoms with van der Waals surface area (Å²) in [4.78, 5) is 0. The van der Waals surface area contributed by atoms with Gasteiger partial charge in [0.15, 0.2) is 0 Å². The van der Waals surface area contributed by atoms with E-state index in [-0.39, 0.29) is 8.07 Å². The smallest absolute Gasteiger partial charge is 0.0113 e. The highest BCUT2D eigenvalue weighted by molar-refractivity contribution is 7.55. The molecule has 0 amide bonds. The average Bonchev–Trinajstić information content (AvgIpc) is 1.65. The fraction of sp³-hybridized carbons (Fsp3) is 0.750. The van der Waals surface area contributed by atoms with Gasteiger partial charge in [0, 0.05) is 8.07 Å². The lowest BCUT2D eigenvalue weighted by molar-refractivity contribution is 1.48. The minimum Gasteiger partial charge on any atom is -0.278 e. The lowest BCUT2D eigenvalue weighted by Crippen LogP contribution is -1.65. The van der Waals surface area contributed by atoms with Gasteiger partial charge in [-0.1, -0.05) is 6.92 Å². The molecule has 1 atom stereocenters. The summed E-state index contributed by atoms with van der Waals surface area (Å²) in [5, 5.41) is 0. The van der Waals surface area contributed by atoms with Gasteiger partial charge in [0.25, 0.3) is 0 Å². The molecule has 0 N–H and O–H groups in total. The fourth-order valence-electron chi connectivity index (χ4n) is 0.1000. The third-order valence-corrected chi connectivity index (χ3v) is 2.10. The second kappa shape index (κ2) is 3.30. The molecular weight excluding hydrogens is 93.0 g/mol. The molecule has 1 nitrogen and oxygen atoms in total. The Morgan fingerprint density at radius 1 is 1.83 bits per heavy atom. The predicted octanol–water partition coefficient (Wildman–Crippen LogP) is 1.73. The SMILES string of the molecule is C=NP(C)CC. The quantitative estimate of drug-likeness (QED) is 0.373. The number of rotatable bonds is 2. The highest BCUT2D eigenvalue weighted by atomic mass is 31.1. The Balaban J connectivity index is 2.96. The fourth-order valence-corrected chi connectivity index (χ4v) is 0.300. The van der Waals surface area contributed by atoms with Crippen LogP contribution in [-0.2, 0) is 0 Å². The lowest BCUT2D eigenvalue weighted by atomic mass is 11.0. The van der Waals surface area contributed by atoms with Crippen LogP contribution in [0.25, 0.3) is 0 Å². The first-order valence-corrected chi connectivity index (χ1v) is 3.91. The summed E-state index contributed by atoms with van der Waals surface area (Å²) < 4.78 is 3.82. The Morgan fingerprint density at radius 3 is 2.33 bits per heavy atom. The molecule has 0 aromatic heterocycles. The van der Waals surface area contributed by atoms with E-state index in [1.807, 2.05) is 0 Å². The molecular formula is C4H10NP. The van der Waals surface area contributed by atoms with Gasteiger partial charge in [0.2, 0.25) is 0 Å². The molecule has 0 spiro atoms. The van der Waals surface area contributed by atoms with E-state index < -0.39 is 0 Å². The summed E-state index contributed by atoms with van der Waals surface area (Å²) in [7, 11) is -0.0622. The molecule has 0 radical (unpaired) electrons. The normalized spacial score (nSPS) is 13.7. The van der Waals surface area contributed by atoms with Gasteiger partial charge in [-0.2, -0.15) is 0 Å². The van der Waals surface area contributed by atoms with Crippen LogP contribution in [-0.4, -0.2) is 19.5 Å². The summed E-state index contributed by atoms with van der Waals surface area (Å²) in [6.45, 7) is 7.65. The van der Waals surface area contributed by atoms with E-state index in [1.54, 1.807) is 0 Å². The van der Waals surface area contributed by atoms with Crippen molar-refractivity contribution in [1.82, 2.24) is 0 Å². The van der Waals surface area contributed by atoms with Crippen LogP contribution in [0.2, 0.25) is 0 Å². The van der Waals surface area contributed by atoms with E-state index in [0.717, 1.165) is 0 Å². The highest BCUT2D eigenvalue weighted by Gasteiger charge is 1.84. The molecule has 2 heteroatoms. The first-order valence-electron chi connectivity index (χ1n) is 1.99. The van der Waals surface area contributed by atoms with Crippen LogP contribution in [0.15, 0.2) is 4.76 Å². The van der Waals surface area contributed by atoms with Crippen molar-refractivity contribution in [3.63, 3.8) is 0 Å². The van der Waals surface area contributed by atoms with Crippen molar-refractivity contribution in [2.45, 2.75) is 6.92 Å². The van der Waals surface area contributed by atoms with Gasteiger partial charge in [-0.25, -0.2) is 0 Å². The van der Waals surface area contributed by atoms with E-state index in [9.17, 15) is 0 Å². The van der Waals surface area contributed by atoms with E-state index in [2.05, 4.69) is 25.1 Å². The number of hydrogen-bond donors (Lipinski definition) is 0. The maximum absolute atomic E-state index is 3.82. The van der Waals surface area contributed by atoms with Crippen molar-refractivity contribution >= 4 is 14.8 Å². The third kappa shape index (κ3) is 2.34. The number of nitrogens with zero attached hydrogens (tertiary/aromatic N) is 1. The molecule has 0 aromatic rings. The average molecular weight is 103 g/mol. The van der Waals surface area contributed by atoms with Crippen LogP contribution in [0, 0.1) is 0 Å². The summed E-state index contributed by atoms with van der Waals surface area (Å²) >= 11 is 0. The Hall–Kier alpha value is 0.100. The van der Waals surface area contributed by atoms with Crippen molar-refractivity contribution in [3.05, 3.63) is 0 Å². The van der Waals surface area contributed by atoms with Gasteiger partial charge in [0.1, 0.15) is 0 Å². The molecule has 36 valence electrons. The van der Waals surface area contributed by atoms with Crippen LogP contribution < -0.4 is 0 Å². The van der Waals surface area contributed by atoms with E-state index in [1.165, 1.54) is 6.16 Å². The largest absolute Gasteiger partial charge is 0.278 e. The molecule has 0 aliphatic heterocycles. The molecule has 0 fully saturated rings. The highest BCUT2D eigenvalue weighted by Crippen LogP contribution is 2.29. The van der Waals surface area contributed by atoms with Crippen molar-refractivity contribution < 1.29 is 0 Å². The summed E-state index contributed by atoms with van der Waals surface area (Å²) in [6.07, 6.45) is 1.17. The van der Waals surface area contributed by atoms with E-state index in [4.69, 9.17) is 0 Å². The standard InChI is InChI=1S/C4H10NP/c1-4-6(3)5-2/h2,4H2,1,3H3. The Kier molecular flexibility index (Phi) is 3.35. The zero-order chi connectivity index (χ0) is 4.99. The van der Waals surface area contributed by atoms with Crippen molar-refractivity contribution in [2.75, 3.05) is 12.8 Å². The lowest BCUT2D eigenvalue weighted by Gasteiger charge is -1.94. The first kappa shape index (κ1) is 6.10. The second-order valence-electron chi connectivity index (χ2n) is 1.12. The molecule has 0 saturated heterocycles. The molecule has 6 heavy (non-hydrogen) atoms. The van der Waals surface area contributed by atoms with Gasteiger partial charge >= 0.3 is 0 Å². The van der Waals surface area contributed by atoms with Gasteiger partial charge in [0.05, 0.1) is 0 Å². The predicted molar refractivity (Wildman–Crippen MR) is 32.9 cm³/mol. The molecule has 0 heterocycles. The molecule has 1 unspecified atom stereocenters. The second-order valence-corrected chi connectivity index (χ2v) is 3.35. The summed E-state index contributed by atoms with van der Waals surface area (Å²) in [5.74, 6) is 0. The Morgan fingerprint density at radius 2 is 2.33 bits per heavy atom. The van der Waals surface area contributed by atoms with Crippen LogP contribution in [0.5, 0.6) is 0 Å². The van der Waals surface area contributed by atoms with Gasteiger partial charge < -0.3 is 0 Å². The topological polar surface area (TPSA) is 12.4 Å². The molecule has 0 saturated carbocycles. The van der Waals surface area contributed by atoms with Crippen LogP contribution in [0.1, 0.15) is 6.92 Å². The van der Waals surface area contributed by atoms with Crippen molar-refractivity contribution in [3.8, 4) is 0 Å². The maximum Gasteiger partial charge on any atom is 0.0113 e. The molecule has 0 aliphatic carbocycles. The van der Waals surface area contributed by atoms with Gasteiger partial charge in [-0.05, 0) is 19.5 Å². The Bertz CT molecular complexity index is 44.8. The summed E-state index contributed by atoms with van der Waals surface area (Å²) in [6, 6.07) is 0. The zero-order valence-corrected chi connectivity index (χ0v) is 5.20. The van der Waals surface area contributed by atoms with Crippen LogP contribution in [0.3, 0.4) is 0 Å². The van der Waals surface area contributed by atoms with Crippen molar-refractivity contribution in [1.29, 1.82) is 0 Å². The Labute approximate surface area is 40.3 Å². The third-order valence-electron chi connectivity index (χ3n) is 0.699. The van der Waals surface area contributed by atoms with E-state index in [0.29, 0.717) is 0 Å². The first-order chi connectivity index (χ1) is 2.81. The van der Waals surface area contributed by atoms with Gasteiger partial charge in [-0.15, -0.1) is 0 Å². The van der Waals surface area contributed by atoms with Crippen LogP contribution in [0.4, 0.5) is 0 Å². The molecule has 0 bridgehead atoms. The van der Waals surface area contributed by atoms with Crippen LogP contribution >= 0.6 is 8.07 Å². The van der Waals surface area contributed by atoms with Gasteiger partial charge in [-0.3, -0.25) is 4.76 Å².